The molecule has 1 heterocycles. The van der Waals surface area contributed by atoms with Gasteiger partial charge in [-0.05, 0) is 50.1 Å². The summed E-state index contributed by atoms with van der Waals surface area (Å²) in [5, 5.41) is 3.87. The van der Waals surface area contributed by atoms with Crippen molar-refractivity contribution in [1.82, 2.24) is 0 Å². The molecule has 0 atom stereocenters. The zero-order valence-corrected chi connectivity index (χ0v) is 16.2. The van der Waals surface area contributed by atoms with Crippen LogP contribution in [0.25, 0.3) is 16.5 Å². The van der Waals surface area contributed by atoms with Gasteiger partial charge in [-0.25, -0.2) is 0 Å². The van der Waals surface area contributed by atoms with Gasteiger partial charge >= 0.3 is 0 Å². The molecule has 5 heteroatoms. The minimum absolute atomic E-state index is 0.237. The Morgan fingerprint density at radius 1 is 1.07 bits per heavy atom. The normalized spacial score (nSPS) is 11.5. The fourth-order valence-electron chi connectivity index (χ4n) is 3.04. The third kappa shape index (κ3) is 3.67. The molecule has 3 aromatic rings. The number of carbonyl (C=O) groups is 1. The van der Waals surface area contributed by atoms with E-state index < -0.39 is 0 Å². The number of ether oxygens (including phenoxy) is 2. The Kier molecular flexibility index (Phi) is 5.21. The minimum atomic E-state index is -0.237. The first-order valence-electron chi connectivity index (χ1n) is 8.65. The molecule has 0 saturated carbocycles. The molecule has 27 heavy (non-hydrogen) atoms. The van der Waals surface area contributed by atoms with Crippen LogP contribution in [-0.2, 0) is 4.79 Å². The first kappa shape index (κ1) is 18.6. The fourth-order valence-corrected chi connectivity index (χ4v) is 3.04. The Morgan fingerprint density at radius 2 is 1.78 bits per heavy atom. The number of rotatable bonds is 5. The highest BCUT2D eigenvalue weighted by Crippen LogP contribution is 2.35. The number of furan rings is 1. The zero-order valence-electron chi connectivity index (χ0n) is 16.2. The zero-order chi connectivity index (χ0) is 19.6. The molecule has 0 aliphatic carbocycles. The SMILES string of the molecule is COc1ccccc1NC(=O)/C=C(\C)c1cc2c(C)c(C)oc2cc1OC. The van der Waals surface area contributed by atoms with E-state index in [1.54, 1.807) is 32.4 Å². The van der Waals surface area contributed by atoms with E-state index in [-0.39, 0.29) is 5.91 Å². The summed E-state index contributed by atoms with van der Waals surface area (Å²) in [4.78, 5) is 12.5. The van der Waals surface area contributed by atoms with Gasteiger partial charge in [0.1, 0.15) is 22.8 Å². The maximum absolute atomic E-state index is 12.5. The van der Waals surface area contributed by atoms with Crippen molar-refractivity contribution in [2.45, 2.75) is 20.8 Å². The van der Waals surface area contributed by atoms with Gasteiger partial charge in [0.05, 0.1) is 19.9 Å². The molecule has 2 aromatic carbocycles. The Morgan fingerprint density at radius 3 is 2.48 bits per heavy atom. The number of hydrogen-bond acceptors (Lipinski definition) is 4. The Balaban J connectivity index is 1.95. The number of nitrogens with one attached hydrogen (secondary N) is 1. The highest BCUT2D eigenvalue weighted by atomic mass is 16.5. The highest BCUT2D eigenvalue weighted by Gasteiger charge is 2.14. The maximum atomic E-state index is 12.5. The van der Waals surface area contributed by atoms with Crippen molar-refractivity contribution in [1.29, 1.82) is 0 Å². The van der Waals surface area contributed by atoms with Crippen molar-refractivity contribution in [3.63, 3.8) is 0 Å². The lowest BCUT2D eigenvalue weighted by molar-refractivity contribution is -0.111. The molecule has 3 rings (SSSR count). The number of aryl methyl sites for hydroxylation is 2. The molecule has 1 amide bonds. The predicted octanol–water partition coefficient (Wildman–Crippen LogP) is 5.11. The van der Waals surface area contributed by atoms with E-state index in [1.807, 2.05) is 45.0 Å². The summed E-state index contributed by atoms with van der Waals surface area (Å²) in [5.41, 5.74) is 4.12. The average molecular weight is 365 g/mol. The lowest BCUT2D eigenvalue weighted by atomic mass is 10.0. The van der Waals surface area contributed by atoms with Crippen molar-refractivity contribution in [2.24, 2.45) is 0 Å². The van der Waals surface area contributed by atoms with Crippen LogP contribution in [0, 0.1) is 13.8 Å². The van der Waals surface area contributed by atoms with E-state index in [9.17, 15) is 4.79 Å². The molecule has 0 aliphatic heterocycles. The van der Waals surface area contributed by atoms with Gasteiger partial charge in [0.15, 0.2) is 0 Å². The van der Waals surface area contributed by atoms with Crippen LogP contribution >= 0.6 is 0 Å². The van der Waals surface area contributed by atoms with Crippen LogP contribution in [0.1, 0.15) is 23.8 Å². The molecule has 0 spiro atoms. The van der Waals surface area contributed by atoms with E-state index in [0.29, 0.717) is 17.2 Å². The molecule has 1 N–H and O–H groups in total. The summed E-state index contributed by atoms with van der Waals surface area (Å²) < 4.78 is 16.5. The van der Waals surface area contributed by atoms with Crippen molar-refractivity contribution < 1.29 is 18.7 Å². The quantitative estimate of drug-likeness (QED) is 0.638. The lowest BCUT2D eigenvalue weighted by Crippen LogP contribution is -2.09. The molecule has 0 fully saturated rings. The first-order chi connectivity index (χ1) is 12.9. The van der Waals surface area contributed by atoms with Crippen LogP contribution in [0.3, 0.4) is 0 Å². The van der Waals surface area contributed by atoms with Crippen LogP contribution in [0.2, 0.25) is 0 Å². The van der Waals surface area contributed by atoms with Crippen LogP contribution in [0.4, 0.5) is 5.69 Å². The number of allylic oxidation sites excluding steroid dienone is 1. The molecule has 5 nitrogen and oxygen atoms in total. The molecule has 0 bridgehead atoms. The molecule has 0 aliphatic rings. The van der Waals surface area contributed by atoms with Crippen LogP contribution < -0.4 is 14.8 Å². The number of para-hydroxylation sites is 2. The molecular weight excluding hydrogens is 342 g/mol. The van der Waals surface area contributed by atoms with Gasteiger partial charge in [-0.1, -0.05) is 12.1 Å². The van der Waals surface area contributed by atoms with E-state index >= 15 is 0 Å². The summed E-state index contributed by atoms with van der Waals surface area (Å²) in [6.45, 7) is 5.84. The summed E-state index contributed by atoms with van der Waals surface area (Å²) in [6.07, 6.45) is 1.55. The number of fused-ring (bicyclic) bond motifs is 1. The van der Waals surface area contributed by atoms with E-state index in [1.165, 1.54) is 0 Å². The van der Waals surface area contributed by atoms with Gasteiger partial charge in [0.2, 0.25) is 5.91 Å². The first-order valence-corrected chi connectivity index (χ1v) is 8.65. The van der Waals surface area contributed by atoms with Gasteiger partial charge < -0.3 is 19.2 Å². The predicted molar refractivity (Wildman–Crippen MR) is 108 cm³/mol. The standard InChI is InChI=1S/C22H23NO4/c1-13(10-22(24)23-18-8-6-7-9-19(18)25-4)16-11-17-14(2)15(3)27-21(17)12-20(16)26-5/h6-12H,1-5H3,(H,23,24)/b13-10+. The Hall–Kier alpha value is -3.21. The topological polar surface area (TPSA) is 60.7 Å². The largest absolute Gasteiger partial charge is 0.496 e. The monoisotopic (exact) mass is 365 g/mol. The molecular formula is C22H23NO4. The van der Waals surface area contributed by atoms with Crippen molar-refractivity contribution in [3.8, 4) is 11.5 Å². The average Bonchev–Trinajstić information content (AvgIpc) is 2.94. The minimum Gasteiger partial charge on any atom is -0.496 e. The number of carbonyl (C=O) groups excluding carboxylic acids is 1. The van der Waals surface area contributed by atoms with Gasteiger partial charge in [-0.15, -0.1) is 0 Å². The summed E-state index contributed by atoms with van der Waals surface area (Å²) in [7, 11) is 3.18. The van der Waals surface area contributed by atoms with Gasteiger partial charge in [-0.2, -0.15) is 0 Å². The van der Waals surface area contributed by atoms with E-state index in [0.717, 1.165) is 33.4 Å². The van der Waals surface area contributed by atoms with Gasteiger partial charge in [-0.3, -0.25) is 4.79 Å². The summed E-state index contributed by atoms with van der Waals surface area (Å²) in [5.74, 6) is 1.91. The summed E-state index contributed by atoms with van der Waals surface area (Å²) >= 11 is 0. The van der Waals surface area contributed by atoms with Crippen molar-refractivity contribution in [2.75, 3.05) is 19.5 Å². The number of hydrogen-bond donors (Lipinski definition) is 1. The Labute approximate surface area is 158 Å². The number of methoxy groups -OCH3 is 2. The molecule has 0 radical (unpaired) electrons. The van der Waals surface area contributed by atoms with Crippen LogP contribution in [-0.4, -0.2) is 20.1 Å². The lowest BCUT2D eigenvalue weighted by Gasteiger charge is -2.11. The van der Waals surface area contributed by atoms with Gasteiger partial charge in [0.25, 0.3) is 0 Å². The molecule has 0 saturated heterocycles. The number of benzene rings is 2. The second kappa shape index (κ2) is 7.58. The second-order valence-electron chi connectivity index (χ2n) is 6.35. The number of amides is 1. The maximum Gasteiger partial charge on any atom is 0.248 e. The molecule has 140 valence electrons. The van der Waals surface area contributed by atoms with Crippen LogP contribution in [0.15, 0.2) is 46.9 Å². The second-order valence-corrected chi connectivity index (χ2v) is 6.35. The van der Waals surface area contributed by atoms with Crippen molar-refractivity contribution >= 4 is 28.1 Å². The third-order valence-electron chi connectivity index (χ3n) is 4.63. The molecule has 0 unspecified atom stereocenters. The Bertz CT molecular complexity index is 1030. The van der Waals surface area contributed by atoms with Crippen molar-refractivity contribution in [3.05, 3.63) is 59.4 Å². The molecule has 1 aromatic heterocycles. The van der Waals surface area contributed by atoms with Crippen LogP contribution in [0.5, 0.6) is 11.5 Å². The van der Waals surface area contributed by atoms with E-state index in [2.05, 4.69) is 5.32 Å². The summed E-state index contributed by atoms with van der Waals surface area (Å²) in [6, 6.07) is 11.2. The third-order valence-corrected chi connectivity index (χ3v) is 4.63. The highest BCUT2D eigenvalue weighted by molar-refractivity contribution is 6.05. The smallest absolute Gasteiger partial charge is 0.248 e. The fraction of sp³-hybridized carbons (Fsp3) is 0.227. The number of anilines is 1. The van der Waals surface area contributed by atoms with Gasteiger partial charge in [0, 0.05) is 23.1 Å². The van der Waals surface area contributed by atoms with E-state index in [4.69, 9.17) is 13.9 Å².